The van der Waals surface area contributed by atoms with Gasteiger partial charge in [-0.2, -0.15) is 0 Å². The molecular formula is C44H50N4. The summed E-state index contributed by atoms with van der Waals surface area (Å²) in [5.41, 5.74) is 4.48. The Morgan fingerprint density at radius 2 is 1.17 bits per heavy atom. The van der Waals surface area contributed by atoms with Crippen molar-refractivity contribution in [3.8, 4) is 0 Å². The summed E-state index contributed by atoms with van der Waals surface area (Å²) in [7, 11) is 0. The minimum absolute atomic E-state index is 0.256. The fraction of sp³-hybridized carbons (Fsp3) is 0.432. The lowest BCUT2D eigenvalue weighted by molar-refractivity contribution is 0.360. The topological polar surface area (TPSA) is 50.7 Å². The van der Waals surface area contributed by atoms with Crippen molar-refractivity contribution in [2.45, 2.75) is 106 Å². The van der Waals surface area contributed by atoms with E-state index < -0.39 is 0 Å². The second-order valence-electron chi connectivity index (χ2n) is 14.8. The van der Waals surface area contributed by atoms with Crippen LogP contribution in [0.5, 0.6) is 0 Å². The summed E-state index contributed by atoms with van der Waals surface area (Å²) >= 11 is 0. The highest BCUT2D eigenvalue weighted by molar-refractivity contribution is 5.35. The molecule has 6 atom stereocenters. The van der Waals surface area contributed by atoms with Crippen LogP contribution < -0.4 is 5.32 Å². The third-order valence-electron chi connectivity index (χ3n) is 11.7. The van der Waals surface area contributed by atoms with Gasteiger partial charge in [-0.3, -0.25) is 0 Å². The smallest absolute Gasteiger partial charge is 0.139 e. The fourth-order valence-electron chi connectivity index (χ4n) is 8.85. The van der Waals surface area contributed by atoms with Crippen molar-refractivity contribution in [3.63, 3.8) is 0 Å². The van der Waals surface area contributed by atoms with Crippen LogP contribution in [0.2, 0.25) is 0 Å². The van der Waals surface area contributed by atoms with Gasteiger partial charge in [-0.1, -0.05) is 115 Å². The normalized spacial score (nSPS) is 32.8. The Morgan fingerprint density at radius 3 is 1.83 bits per heavy atom. The minimum atomic E-state index is 0.256. The van der Waals surface area contributed by atoms with Crippen molar-refractivity contribution in [2.75, 3.05) is 0 Å². The first-order valence-electron chi connectivity index (χ1n) is 18.8. The molecule has 246 valence electrons. The summed E-state index contributed by atoms with van der Waals surface area (Å²) in [5.74, 6) is 5.62. The lowest BCUT2D eigenvalue weighted by Gasteiger charge is -2.39. The lowest BCUT2D eigenvalue weighted by Crippen LogP contribution is -2.44. The Labute approximate surface area is 287 Å². The molecule has 6 unspecified atom stereocenters. The Kier molecular flexibility index (Phi) is 9.61. The monoisotopic (exact) mass is 634 g/mol. The van der Waals surface area contributed by atoms with E-state index in [2.05, 4.69) is 121 Å². The first-order valence-corrected chi connectivity index (χ1v) is 18.8. The summed E-state index contributed by atoms with van der Waals surface area (Å²) in [6.07, 6.45) is 46.7. The molecule has 1 saturated carbocycles. The molecule has 0 radical (unpaired) electrons. The van der Waals surface area contributed by atoms with Gasteiger partial charge in [0.2, 0.25) is 0 Å². The summed E-state index contributed by atoms with van der Waals surface area (Å²) in [6, 6.07) is 10.4. The largest absolute Gasteiger partial charge is 0.303 e. The maximum atomic E-state index is 5.17. The molecule has 8 rings (SSSR count). The zero-order chi connectivity index (χ0) is 32.1. The third-order valence-corrected chi connectivity index (χ3v) is 11.7. The van der Waals surface area contributed by atoms with Gasteiger partial charge in [-0.15, -0.1) is 0 Å². The van der Waals surface area contributed by atoms with Crippen LogP contribution >= 0.6 is 0 Å². The quantitative estimate of drug-likeness (QED) is 0.308. The lowest BCUT2D eigenvalue weighted by atomic mass is 9.76. The molecule has 6 aliphatic rings. The van der Waals surface area contributed by atoms with Crippen LogP contribution in [-0.4, -0.2) is 21.0 Å². The average Bonchev–Trinajstić information content (AvgIpc) is 3.19. The third kappa shape index (κ3) is 6.96. The van der Waals surface area contributed by atoms with Crippen molar-refractivity contribution in [3.05, 3.63) is 150 Å². The Morgan fingerprint density at radius 1 is 0.521 bits per heavy atom. The summed E-state index contributed by atoms with van der Waals surface area (Å²) in [6.45, 7) is 0. The predicted octanol–water partition coefficient (Wildman–Crippen LogP) is 10.3. The Bertz CT molecular complexity index is 1660. The highest BCUT2D eigenvalue weighted by Crippen LogP contribution is 2.42. The molecular weight excluding hydrogens is 585 g/mol. The van der Waals surface area contributed by atoms with Gasteiger partial charge in [0.25, 0.3) is 0 Å². The molecule has 0 bridgehead atoms. The van der Waals surface area contributed by atoms with Crippen LogP contribution in [0.4, 0.5) is 0 Å². The first kappa shape index (κ1) is 31.4. The number of hydrogen-bond donors (Lipinski definition) is 1. The highest BCUT2D eigenvalue weighted by Gasteiger charge is 2.33. The van der Waals surface area contributed by atoms with Crippen LogP contribution in [0.3, 0.4) is 0 Å². The number of benzene rings is 1. The van der Waals surface area contributed by atoms with E-state index in [0.717, 1.165) is 62.4 Å². The Hall–Kier alpha value is -3.89. The zero-order valence-corrected chi connectivity index (χ0v) is 28.2. The molecule has 1 aliphatic heterocycles. The molecule has 4 nitrogen and oxygen atoms in total. The Balaban J connectivity index is 0.945. The van der Waals surface area contributed by atoms with Crippen LogP contribution in [0, 0.1) is 11.8 Å². The van der Waals surface area contributed by atoms with Crippen molar-refractivity contribution in [1.29, 1.82) is 0 Å². The van der Waals surface area contributed by atoms with E-state index in [-0.39, 0.29) is 5.92 Å². The van der Waals surface area contributed by atoms with E-state index in [0.29, 0.717) is 41.7 Å². The van der Waals surface area contributed by atoms with E-state index in [4.69, 9.17) is 15.0 Å². The minimum Gasteiger partial charge on any atom is -0.303 e. The van der Waals surface area contributed by atoms with Crippen molar-refractivity contribution < 1.29 is 0 Å². The van der Waals surface area contributed by atoms with E-state index in [1.807, 2.05) is 0 Å². The second-order valence-corrected chi connectivity index (χ2v) is 14.8. The molecule has 1 N–H and O–H groups in total. The predicted molar refractivity (Wildman–Crippen MR) is 197 cm³/mol. The number of rotatable bonds is 7. The first-order chi connectivity index (χ1) is 23.8. The number of allylic oxidation sites excluding steroid dienone is 13. The molecule has 1 aromatic heterocycles. The molecule has 48 heavy (non-hydrogen) atoms. The van der Waals surface area contributed by atoms with Gasteiger partial charge in [0, 0.05) is 35.8 Å². The SMILES string of the molecule is C1=CCC(C2=CCC(c3ccc(C4CCC(c5nc(C6C=CC=CC6)nc(C6C=CCCC6)n5)CC4)cc3)NC2C2C=CC=CC2)C=C1. The highest BCUT2D eigenvalue weighted by atomic mass is 15.0. The number of nitrogens with zero attached hydrogens (tertiary/aromatic N) is 3. The summed E-state index contributed by atoms with van der Waals surface area (Å²) in [5, 5.41) is 4.12. The average molecular weight is 635 g/mol. The van der Waals surface area contributed by atoms with Gasteiger partial charge < -0.3 is 5.32 Å². The maximum Gasteiger partial charge on any atom is 0.139 e. The van der Waals surface area contributed by atoms with E-state index in [9.17, 15) is 0 Å². The fourth-order valence-corrected chi connectivity index (χ4v) is 8.85. The molecule has 1 fully saturated rings. The van der Waals surface area contributed by atoms with Crippen LogP contribution in [0.25, 0.3) is 0 Å². The molecule has 4 heteroatoms. The maximum absolute atomic E-state index is 5.17. The van der Waals surface area contributed by atoms with Gasteiger partial charge in [-0.05, 0) is 99.2 Å². The van der Waals surface area contributed by atoms with E-state index in [1.54, 1.807) is 5.57 Å². The molecule has 0 saturated heterocycles. The van der Waals surface area contributed by atoms with Gasteiger partial charge in [0.1, 0.15) is 17.5 Å². The zero-order valence-electron chi connectivity index (χ0n) is 28.2. The number of aromatic nitrogens is 3. The number of nitrogens with one attached hydrogen (secondary N) is 1. The van der Waals surface area contributed by atoms with E-state index in [1.165, 1.54) is 36.8 Å². The van der Waals surface area contributed by atoms with E-state index >= 15 is 0 Å². The standard InChI is InChI=1S/C44H50N4/c1-5-13-33(14-6-1)39-29-30-40(45-41(39)35-15-7-2-8-16-35)34-25-21-31(22-26-34)32-23-27-38(28-24-32)44-47-42(36-17-9-3-10-18-36)46-43(48-44)37-19-11-4-12-20-37/h1-3,5-11,13,15,17,19,21-22,25-26,29,32-33,35-38,40-41,45H,4,12,14,16,18,20,23-24,27-28,30H2. The molecule has 2 heterocycles. The van der Waals surface area contributed by atoms with Gasteiger partial charge in [-0.25, -0.2) is 15.0 Å². The van der Waals surface area contributed by atoms with Crippen molar-refractivity contribution in [1.82, 2.24) is 20.3 Å². The molecule has 0 spiro atoms. The summed E-state index contributed by atoms with van der Waals surface area (Å²) in [4.78, 5) is 15.4. The van der Waals surface area contributed by atoms with Gasteiger partial charge in [0.15, 0.2) is 0 Å². The second kappa shape index (κ2) is 14.7. The van der Waals surface area contributed by atoms with Gasteiger partial charge >= 0.3 is 0 Å². The molecule has 0 amide bonds. The molecule has 1 aromatic carbocycles. The summed E-state index contributed by atoms with van der Waals surface area (Å²) < 4.78 is 0. The van der Waals surface area contributed by atoms with Crippen LogP contribution in [-0.2, 0) is 0 Å². The van der Waals surface area contributed by atoms with Crippen LogP contribution in [0.15, 0.2) is 121 Å². The molecule has 2 aromatic rings. The van der Waals surface area contributed by atoms with Crippen LogP contribution in [0.1, 0.15) is 129 Å². The van der Waals surface area contributed by atoms with Gasteiger partial charge in [0.05, 0.1) is 0 Å². The van der Waals surface area contributed by atoms with Crippen molar-refractivity contribution >= 4 is 0 Å². The molecule has 5 aliphatic carbocycles. The van der Waals surface area contributed by atoms with Crippen molar-refractivity contribution in [2.24, 2.45) is 11.8 Å². The number of hydrogen-bond acceptors (Lipinski definition) is 4.